The lowest BCUT2D eigenvalue weighted by Gasteiger charge is -2.17. The Kier molecular flexibility index (Phi) is 6.31. The number of allylic oxidation sites excluding steroid dienone is 1. The molecule has 10 rings (SSSR count). The van der Waals surface area contributed by atoms with Gasteiger partial charge in [-0.05, 0) is 75.9 Å². The van der Waals surface area contributed by atoms with Crippen molar-refractivity contribution in [3.63, 3.8) is 0 Å². The van der Waals surface area contributed by atoms with Gasteiger partial charge in [0.15, 0.2) is 0 Å². The van der Waals surface area contributed by atoms with Crippen LogP contribution >= 0.6 is 0 Å². The van der Waals surface area contributed by atoms with Gasteiger partial charge in [0.1, 0.15) is 11.2 Å². The molecule has 3 heteroatoms. The maximum Gasteiger partial charge on any atom is 0.143 e. The van der Waals surface area contributed by atoms with Crippen LogP contribution in [0.3, 0.4) is 0 Å². The van der Waals surface area contributed by atoms with Crippen molar-refractivity contribution in [1.29, 1.82) is 0 Å². The van der Waals surface area contributed by atoms with Gasteiger partial charge in [0.25, 0.3) is 0 Å². The number of rotatable bonds is 4. The summed E-state index contributed by atoms with van der Waals surface area (Å²) in [7, 11) is 0. The minimum Gasteiger partial charge on any atom is -0.455 e. The van der Waals surface area contributed by atoms with Gasteiger partial charge in [-0.15, -0.1) is 0 Å². The second kappa shape index (κ2) is 11.1. The Morgan fingerprint density at radius 1 is 0.510 bits per heavy atom. The van der Waals surface area contributed by atoms with Crippen LogP contribution in [0.25, 0.3) is 94.5 Å². The molecule has 49 heavy (non-hydrogen) atoms. The molecule has 0 radical (unpaired) electrons. The average molecular weight is 627 g/mol. The fraction of sp³-hybridized carbons (Fsp3) is 0.0435. The molecule has 0 aliphatic heterocycles. The van der Waals surface area contributed by atoms with E-state index in [-0.39, 0.29) is 0 Å². The zero-order valence-corrected chi connectivity index (χ0v) is 26.7. The van der Waals surface area contributed by atoms with E-state index in [1.165, 1.54) is 33.2 Å². The van der Waals surface area contributed by atoms with Gasteiger partial charge in [-0.3, -0.25) is 4.98 Å². The first-order valence-electron chi connectivity index (χ1n) is 16.9. The molecule has 1 aliphatic rings. The van der Waals surface area contributed by atoms with E-state index in [0.29, 0.717) is 0 Å². The Morgan fingerprint density at radius 2 is 1.18 bits per heavy atom. The van der Waals surface area contributed by atoms with Crippen molar-refractivity contribution in [3.05, 3.63) is 163 Å². The van der Waals surface area contributed by atoms with E-state index >= 15 is 0 Å². The predicted molar refractivity (Wildman–Crippen MR) is 203 cm³/mol. The van der Waals surface area contributed by atoms with Gasteiger partial charge in [0.05, 0.1) is 22.9 Å². The van der Waals surface area contributed by atoms with Crippen LogP contribution < -0.4 is 0 Å². The zero-order valence-electron chi connectivity index (χ0n) is 26.7. The summed E-state index contributed by atoms with van der Waals surface area (Å²) in [6.45, 7) is 0. The van der Waals surface area contributed by atoms with Crippen molar-refractivity contribution in [2.24, 2.45) is 0 Å². The van der Waals surface area contributed by atoms with Crippen LogP contribution in [-0.2, 0) is 6.42 Å². The van der Waals surface area contributed by atoms with Gasteiger partial charge in [-0.1, -0.05) is 127 Å². The summed E-state index contributed by atoms with van der Waals surface area (Å²) in [6.07, 6.45) is 8.49. The van der Waals surface area contributed by atoms with E-state index in [4.69, 9.17) is 14.4 Å². The van der Waals surface area contributed by atoms with E-state index in [0.717, 1.165) is 79.1 Å². The minimum atomic E-state index is 0.865. The van der Waals surface area contributed by atoms with Gasteiger partial charge < -0.3 is 4.42 Å². The summed E-state index contributed by atoms with van der Waals surface area (Å²) in [5.41, 5.74) is 15.0. The van der Waals surface area contributed by atoms with Crippen molar-refractivity contribution < 1.29 is 4.42 Å². The lowest BCUT2D eigenvalue weighted by Crippen LogP contribution is -2.00. The third-order valence-electron chi connectivity index (χ3n) is 9.98. The molecule has 0 spiro atoms. The highest BCUT2D eigenvalue weighted by molar-refractivity contribution is 6.13. The summed E-state index contributed by atoms with van der Waals surface area (Å²) in [5.74, 6) is 0. The lowest BCUT2D eigenvalue weighted by molar-refractivity contribution is 0.670. The molecule has 7 aromatic carbocycles. The fourth-order valence-electron chi connectivity index (χ4n) is 7.55. The first kappa shape index (κ1) is 27.8. The van der Waals surface area contributed by atoms with E-state index in [1.807, 2.05) is 6.20 Å². The molecular formula is C46H30N2O. The first-order valence-corrected chi connectivity index (χ1v) is 16.9. The van der Waals surface area contributed by atoms with E-state index in [2.05, 4.69) is 152 Å². The van der Waals surface area contributed by atoms with Crippen LogP contribution in [0.5, 0.6) is 0 Å². The van der Waals surface area contributed by atoms with Crippen molar-refractivity contribution in [2.75, 3.05) is 0 Å². The molecule has 9 aromatic rings. The number of fused-ring (bicyclic) bond motifs is 9. The zero-order chi connectivity index (χ0) is 32.3. The van der Waals surface area contributed by atoms with E-state index in [9.17, 15) is 0 Å². The lowest BCUT2D eigenvalue weighted by atomic mass is 9.90. The van der Waals surface area contributed by atoms with Crippen LogP contribution in [0.4, 0.5) is 0 Å². The third-order valence-corrected chi connectivity index (χ3v) is 9.98. The van der Waals surface area contributed by atoms with Gasteiger partial charge in [-0.2, -0.15) is 0 Å². The number of aromatic nitrogens is 2. The summed E-state index contributed by atoms with van der Waals surface area (Å²) < 4.78 is 6.64. The maximum absolute atomic E-state index is 6.64. The Hall–Kier alpha value is -6.32. The normalized spacial score (nSPS) is 12.7. The number of furan rings is 1. The van der Waals surface area contributed by atoms with E-state index in [1.54, 1.807) is 0 Å². The monoisotopic (exact) mass is 626 g/mol. The largest absolute Gasteiger partial charge is 0.455 e. The first-order chi connectivity index (χ1) is 24.3. The third kappa shape index (κ3) is 4.58. The molecule has 0 saturated heterocycles. The quantitative estimate of drug-likeness (QED) is 0.182. The minimum absolute atomic E-state index is 0.865. The Bertz CT molecular complexity index is 2740. The highest BCUT2D eigenvalue weighted by atomic mass is 16.3. The molecular weight excluding hydrogens is 597 g/mol. The number of nitrogens with zero attached hydrogens (tertiary/aromatic N) is 2. The molecule has 2 aromatic heterocycles. The summed E-state index contributed by atoms with van der Waals surface area (Å²) >= 11 is 0. The van der Waals surface area contributed by atoms with Crippen molar-refractivity contribution in [2.45, 2.75) is 12.8 Å². The summed E-state index contributed by atoms with van der Waals surface area (Å²) in [5, 5.41) is 4.67. The molecule has 1 aliphatic carbocycles. The number of hydrogen-bond acceptors (Lipinski definition) is 3. The number of hydrogen-bond donors (Lipinski definition) is 0. The molecule has 0 unspecified atom stereocenters. The van der Waals surface area contributed by atoms with Crippen molar-refractivity contribution in [1.82, 2.24) is 9.97 Å². The Labute approximate surface area is 283 Å². The van der Waals surface area contributed by atoms with Crippen LogP contribution in [0, 0.1) is 0 Å². The number of aryl methyl sites for hydroxylation is 1. The number of benzene rings is 7. The molecule has 0 amide bonds. The molecule has 0 bridgehead atoms. The molecule has 3 nitrogen and oxygen atoms in total. The second-order valence-corrected chi connectivity index (χ2v) is 12.9. The molecule has 230 valence electrons. The van der Waals surface area contributed by atoms with Crippen molar-refractivity contribution in [3.8, 4) is 44.6 Å². The van der Waals surface area contributed by atoms with Crippen molar-refractivity contribution >= 4 is 49.8 Å². The van der Waals surface area contributed by atoms with Gasteiger partial charge >= 0.3 is 0 Å². The topological polar surface area (TPSA) is 38.9 Å². The van der Waals surface area contributed by atoms with E-state index < -0.39 is 0 Å². The SMILES string of the molecule is C1=Cc2c(c3ccccc3c3nc(-c4ccc(-c5cc(-c6ccccc6)cc6c5oc5ccc(-c7ccccc7)cc56)cc4)cnc23)CC1. The molecule has 0 fully saturated rings. The smallest absolute Gasteiger partial charge is 0.143 e. The van der Waals surface area contributed by atoms with Crippen LogP contribution in [0.15, 0.2) is 156 Å². The predicted octanol–water partition coefficient (Wildman–Crippen LogP) is 12.3. The molecule has 2 heterocycles. The van der Waals surface area contributed by atoms with Gasteiger partial charge in [-0.25, -0.2) is 4.98 Å². The van der Waals surface area contributed by atoms with Crippen LogP contribution in [0.2, 0.25) is 0 Å². The highest BCUT2D eigenvalue weighted by Gasteiger charge is 2.19. The van der Waals surface area contributed by atoms with Gasteiger partial charge in [0, 0.05) is 32.8 Å². The second-order valence-electron chi connectivity index (χ2n) is 12.9. The van der Waals surface area contributed by atoms with Gasteiger partial charge in [0.2, 0.25) is 0 Å². The standard InChI is InChI=1S/C46H30N2O/c1-3-11-29(12-4-1)33-23-24-43-40(25-33)41-27-34(30-13-5-2-6-14-30)26-39(46(41)49-43)31-19-21-32(22-20-31)42-28-47-44-37-17-9-7-15-35(37)36-16-8-10-18-38(36)45(44)48-42/h1-6,8-14,16-28H,7,15H2. The molecule has 0 N–H and O–H groups in total. The van der Waals surface area contributed by atoms with Crippen LogP contribution in [0.1, 0.15) is 17.5 Å². The summed E-state index contributed by atoms with van der Waals surface area (Å²) in [6, 6.07) is 49.4. The molecule has 0 saturated carbocycles. The molecule has 0 atom stereocenters. The highest BCUT2D eigenvalue weighted by Crippen LogP contribution is 2.41. The average Bonchev–Trinajstić information content (AvgIpc) is 3.56. The Balaban J connectivity index is 1.12. The fourth-order valence-corrected chi connectivity index (χ4v) is 7.55. The van der Waals surface area contributed by atoms with Crippen LogP contribution in [-0.4, -0.2) is 9.97 Å². The Morgan fingerprint density at radius 3 is 1.98 bits per heavy atom. The maximum atomic E-state index is 6.64. The summed E-state index contributed by atoms with van der Waals surface area (Å²) in [4.78, 5) is 10.2.